The molecule has 1 aliphatic heterocycles. The van der Waals surface area contributed by atoms with Crippen LogP contribution in [-0.2, 0) is 19.6 Å². The number of ketones is 1. The summed E-state index contributed by atoms with van der Waals surface area (Å²) in [5.74, 6) is -0.532. The lowest BCUT2D eigenvalue weighted by molar-refractivity contribution is -0.144. The summed E-state index contributed by atoms with van der Waals surface area (Å²) in [6.07, 6.45) is 1.71. The van der Waals surface area contributed by atoms with Crippen LogP contribution in [0.25, 0.3) is 0 Å². The van der Waals surface area contributed by atoms with E-state index in [9.17, 15) is 18.0 Å². The number of carbonyl (C=O) groups is 2. The Morgan fingerprint density at radius 1 is 1.00 bits per heavy atom. The van der Waals surface area contributed by atoms with E-state index in [1.165, 1.54) is 28.6 Å². The number of nitrogens with zero attached hydrogens (tertiary/aromatic N) is 1. The van der Waals surface area contributed by atoms with Crippen molar-refractivity contribution in [2.75, 3.05) is 26.3 Å². The number of Topliss-reactive ketones (excluding diaryl/α,β-unsaturated/α-hetero) is 1. The summed E-state index contributed by atoms with van der Waals surface area (Å²) in [6.45, 7) is 2.21. The topological polar surface area (TPSA) is 90.0 Å². The Labute approximate surface area is 170 Å². The van der Waals surface area contributed by atoms with E-state index in [2.05, 4.69) is 0 Å². The molecular weight excluding hydrogens is 394 g/mol. The molecule has 0 amide bonds. The summed E-state index contributed by atoms with van der Waals surface area (Å²) in [5, 5.41) is 0. The van der Waals surface area contributed by atoms with Gasteiger partial charge in [0.15, 0.2) is 19.0 Å². The van der Waals surface area contributed by atoms with E-state index >= 15 is 0 Å². The van der Waals surface area contributed by atoms with Crippen LogP contribution in [0.1, 0.15) is 28.8 Å². The molecule has 1 aliphatic rings. The molecule has 0 radical (unpaired) electrons. The number of carbonyl (C=O) groups excluding carboxylic acids is 2. The van der Waals surface area contributed by atoms with Gasteiger partial charge < -0.3 is 9.47 Å². The monoisotopic (exact) mass is 417 g/mol. The molecule has 0 aliphatic carbocycles. The largest absolute Gasteiger partial charge is 0.482 e. The molecular formula is C21H23NO6S. The summed E-state index contributed by atoms with van der Waals surface area (Å²) >= 11 is 0. The number of benzene rings is 2. The van der Waals surface area contributed by atoms with E-state index in [1.807, 2.05) is 19.1 Å². The van der Waals surface area contributed by atoms with Gasteiger partial charge >= 0.3 is 5.97 Å². The third-order valence-corrected chi connectivity index (χ3v) is 6.50. The van der Waals surface area contributed by atoms with Crippen LogP contribution in [0.3, 0.4) is 0 Å². The van der Waals surface area contributed by atoms with E-state index in [-0.39, 0.29) is 17.1 Å². The number of hydrogen-bond acceptors (Lipinski definition) is 6. The van der Waals surface area contributed by atoms with Crippen molar-refractivity contribution in [3.8, 4) is 5.75 Å². The van der Waals surface area contributed by atoms with Crippen LogP contribution in [0.5, 0.6) is 5.75 Å². The normalized spacial score (nSPS) is 14.5. The van der Waals surface area contributed by atoms with Crippen LogP contribution >= 0.6 is 0 Å². The molecule has 0 saturated carbocycles. The zero-order valence-corrected chi connectivity index (χ0v) is 17.0. The predicted octanol–water partition coefficient (Wildman–Crippen LogP) is 2.58. The van der Waals surface area contributed by atoms with Gasteiger partial charge in [-0.05, 0) is 61.7 Å². The molecule has 0 bridgehead atoms. The van der Waals surface area contributed by atoms with Crippen LogP contribution in [-0.4, -0.2) is 50.8 Å². The SMILES string of the molecule is Cc1cccc(OCC(=O)OCC(=O)c2ccc(S(=O)(=O)N3CCCC3)cc2)c1. The second-order valence-corrected chi connectivity index (χ2v) is 8.76. The third kappa shape index (κ3) is 5.42. The van der Waals surface area contributed by atoms with Crippen LogP contribution < -0.4 is 4.74 Å². The minimum atomic E-state index is -3.52. The summed E-state index contributed by atoms with van der Waals surface area (Å²) in [6, 6.07) is 12.9. The highest BCUT2D eigenvalue weighted by molar-refractivity contribution is 7.89. The molecule has 7 nitrogen and oxygen atoms in total. The zero-order chi connectivity index (χ0) is 20.9. The Morgan fingerprint density at radius 3 is 2.34 bits per heavy atom. The van der Waals surface area contributed by atoms with E-state index in [0.29, 0.717) is 18.8 Å². The molecule has 0 N–H and O–H groups in total. The fraction of sp³-hybridized carbons (Fsp3) is 0.333. The van der Waals surface area contributed by atoms with Gasteiger partial charge in [0, 0.05) is 18.7 Å². The average molecular weight is 417 g/mol. The van der Waals surface area contributed by atoms with Crippen molar-refractivity contribution >= 4 is 21.8 Å². The van der Waals surface area contributed by atoms with Gasteiger partial charge in [0.1, 0.15) is 5.75 Å². The van der Waals surface area contributed by atoms with Crippen LogP contribution in [0.15, 0.2) is 53.4 Å². The smallest absolute Gasteiger partial charge is 0.344 e. The summed E-state index contributed by atoms with van der Waals surface area (Å²) in [4.78, 5) is 24.1. The maximum atomic E-state index is 12.5. The molecule has 2 aromatic carbocycles. The molecule has 29 heavy (non-hydrogen) atoms. The maximum Gasteiger partial charge on any atom is 0.344 e. The third-order valence-electron chi connectivity index (χ3n) is 4.59. The zero-order valence-electron chi connectivity index (χ0n) is 16.2. The minimum absolute atomic E-state index is 0.152. The minimum Gasteiger partial charge on any atom is -0.482 e. The first-order chi connectivity index (χ1) is 13.9. The van der Waals surface area contributed by atoms with Gasteiger partial charge in [-0.3, -0.25) is 4.79 Å². The van der Waals surface area contributed by atoms with E-state index < -0.39 is 28.4 Å². The first kappa shape index (κ1) is 21.0. The predicted molar refractivity (Wildman–Crippen MR) is 106 cm³/mol. The lowest BCUT2D eigenvalue weighted by Crippen LogP contribution is -2.27. The van der Waals surface area contributed by atoms with Crippen molar-refractivity contribution in [3.63, 3.8) is 0 Å². The molecule has 1 saturated heterocycles. The molecule has 0 spiro atoms. The molecule has 0 unspecified atom stereocenters. The summed E-state index contributed by atoms with van der Waals surface area (Å²) in [7, 11) is -3.52. The van der Waals surface area contributed by atoms with E-state index in [4.69, 9.17) is 9.47 Å². The number of hydrogen-bond donors (Lipinski definition) is 0. The molecule has 3 rings (SSSR count). The Bertz CT molecular complexity index is 978. The number of ether oxygens (including phenoxy) is 2. The average Bonchev–Trinajstić information content (AvgIpc) is 3.26. The van der Waals surface area contributed by atoms with Crippen molar-refractivity contribution in [3.05, 3.63) is 59.7 Å². The van der Waals surface area contributed by atoms with Gasteiger partial charge in [0.2, 0.25) is 10.0 Å². The lowest BCUT2D eigenvalue weighted by atomic mass is 10.1. The molecule has 1 heterocycles. The first-order valence-corrected chi connectivity index (χ1v) is 10.8. The number of esters is 1. The second-order valence-electron chi connectivity index (χ2n) is 6.82. The number of rotatable bonds is 8. The van der Waals surface area contributed by atoms with Crippen molar-refractivity contribution in [2.45, 2.75) is 24.7 Å². The van der Waals surface area contributed by atoms with Crippen molar-refractivity contribution in [1.29, 1.82) is 0 Å². The summed E-state index contributed by atoms with van der Waals surface area (Å²) < 4.78 is 36.7. The van der Waals surface area contributed by atoms with Gasteiger partial charge in [-0.1, -0.05) is 12.1 Å². The number of sulfonamides is 1. The van der Waals surface area contributed by atoms with Crippen molar-refractivity contribution < 1.29 is 27.5 Å². The van der Waals surface area contributed by atoms with Gasteiger partial charge in [-0.15, -0.1) is 0 Å². The van der Waals surface area contributed by atoms with Crippen molar-refractivity contribution in [1.82, 2.24) is 4.31 Å². The van der Waals surface area contributed by atoms with Gasteiger partial charge in [0.05, 0.1) is 4.90 Å². The highest BCUT2D eigenvalue weighted by atomic mass is 32.2. The highest BCUT2D eigenvalue weighted by Gasteiger charge is 2.27. The standard InChI is InChI=1S/C21H23NO6S/c1-16-5-4-6-18(13-16)27-15-21(24)28-14-20(23)17-7-9-19(10-8-17)29(25,26)22-11-2-3-12-22/h4-10,13H,2-3,11-12,14-15H2,1H3. The lowest BCUT2D eigenvalue weighted by Gasteiger charge is -2.15. The fourth-order valence-corrected chi connectivity index (χ4v) is 4.53. The van der Waals surface area contributed by atoms with E-state index in [1.54, 1.807) is 12.1 Å². The Balaban J connectivity index is 1.51. The van der Waals surface area contributed by atoms with Crippen LogP contribution in [0.4, 0.5) is 0 Å². The highest BCUT2D eigenvalue weighted by Crippen LogP contribution is 2.21. The molecule has 0 atom stereocenters. The first-order valence-electron chi connectivity index (χ1n) is 9.35. The Hall–Kier alpha value is -2.71. The van der Waals surface area contributed by atoms with Gasteiger partial charge in [-0.25, -0.2) is 13.2 Å². The maximum absolute atomic E-state index is 12.5. The van der Waals surface area contributed by atoms with Gasteiger partial charge in [0.25, 0.3) is 0 Å². The van der Waals surface area contributed by atoms with Gasteiger partial charge in [-0.2, -0.15) is 4.31 Å². The quantitative estimate of drug-likeness (QED) is 0.484. The molecule has 8 heteroatoms. The van der Waals surface area contributed by atoms with E-state index in [0.717, 1.165) is 18.4 Å². The second kappa shape index (κ2) is 9.19. The summed E-state index contributed by atoms with van der Waals surface area (Å²) in [5.41, 5.74) is 1.28. The van der Waals surface area contributed by atoms with Crippen LogP contribution in [0, 0.1) is 6.92 Å². The Morgan fingerprint density at radius 2 is 1.69 bits per heavy atom. The van der Waals surface area contributed by atoms with Crippen LogP contribution in [0.2, 0.25) is 0 Å². The molecule has 2 aromatic rings. The van der Waals surface area contributed by atoms with Crippen molar-refractivity contribution in [2.24, 2.45) is 0 Å². The Kier molecular flexibility index (Phi) is 6.66. The molecule has 0 aromatic heterocycles. The fourth-order valence-electron chi connectivity index (χ4n) is 3.01. The molecule has 1 fully saturated rings. The number of aryl methyl sites for hydroxylation is 1. The molecule has 154 valence electrons.